The summed E-state index contributed by atoms with van der Waals surface area (Å²) < 4.78 is 2.66. The molecule has 0 fully saturated rings. The first-order valence-corrected chi connectivity index (χ1v) is 7.24. The van der Waals surface area contributed by atoms with Crippen LogP contribution in [0.5, 0.6) is 0 Å². The van der Waals surface area contributed by atoms with Gasteiger partial charge in [0.2, 0.25) is 0 Å². The zero-order valence-corrected chi connectivity index (χ0v) is 12.4. The molecule has 84 valence electrons. The Hall–Kier alpha value is -0.780. The molecule has 1 aromatic carbocycles. The van der Waals surface area contributed by atoms with E-state index in [1.54, 1.807) is 17.4 Å². The molecule has 0 aromatic heterocycles. The SMILES string of the molecule is O=c1ccc2nc3ccc(Br)cc3sc-2c1Br. The molecule has 1 aromatic rings. The van der Waals surface area contributed by atoms with Gasteiger partial charge >= 0.3 is 0 Å². The monoisotopic (exact) mass is 369 g/mol. The van der Waals surface area contributed by atoms with Crippen LogP contribution in [0, 0.1) is 0 Å². The molecule has 0 atom stereocenters. The summed E-state index contributed by atoms with van der Waals surface area (Å²) in [6.45, 7) is 0. The van der Waals surface area contributed by atoms with Crippen LogP contribution in [0.2, 0.25) is 0 Å². The Bertz CT molecular complexity index is 753. The number of halogens is 2. The van der Waals surface area contributed by atoms with E-state index in [1.165, 1.54) is 6.07 Å². The first-order chi connectivity index (χ1) is 8.15. The van der Waals surface area contributed by atoms with Crippen molar-refractivity contribution in [2.24, 2.45) is 0 Å². The van der Waals surface area contributed by atoms with Crippen molar-refractivity contribution in [3.8, 4) is 10.6 Å². The van der Waals surface area contributed by atoms with Crippen molar-refractivity contribution >= 4 is 53.4 Å². The Morgan fingerprint density at radius 2 is 1.94 bits per heavy atom. The highest BCUT2D eigenvalue weighted by Gasteiger charge is 2.12. The van der Waals surface area contributed by atoms with Crippen molar-refractivity contribution in [3.05, 3.63) is 49.5 Å². The van der Waals surface area contributed by atoms with Crippen molar-refractivity contribution in [1.82, 2.24) is 4.98 Å². The maximum atomic E-state index is 11.6. The normalized spacial score (nSPS) is 11.2. The Labute approximate surface area is 118 Å². The summed E-state index contributed by atoms with van der Waals surface area (Å²) in [5.41, 5.74) is 1.78. The number of nitrogens with zero attached hydrogens (tertiary/aromatic N) is 1. The van der Waals surface area contributed by atoms with E-state index in [0.717, 1.165) is 25.3 Å². The minimum Gasteiger partial charge on any atom is -0.289 e. The smallest absolute Gasteiger partial charge is 0.194 e. The maximum absolute atomic E-state index is 11.6. The first-order valence-electron chi connectivity index (χ1n) is 4.84. The van der Waals surface area contributed by atoms with E-state index in [-0.39, 0.29) is 5.43 Å². The summed E-state index contributed by atoms with van der Waals surface area (Å²) in [5, 5.41) is 0. The van der Waals surface area contributed by atoms with Crippen LogP contribution >= 0.6 is 43.2 Å². The van der Waals surface area contributed by atoms with Gasteiger partial charge in [-0.05, 0) is 46.3 Å². The Kier molecular flexibility index (Phi) is 2.77. The molecule has 17 heavy (non-hydrogen) atoms. The zero-order chi connectivity index (χ0) is 12.0. The third kappa shape index (κ3) is 1.92. The number of fused-ring (bicyclic) bond motifs is 2. The second kappa shape index (κ2) is 4.15. The quantitative estimate of drug-likeness (QED) is 0.552. The van der Waals surface area contributed by atoms with Crippen LogP contribution in [0.4, 0.5) is 0 Å². The maximum Gasteiger partial charge on any atom is 0.194 e. The van der Waals surface area contributed by atoms with Crippen molar-refractivity contribution in [2.45, 2.75) is 0 Å². The minimum absolute atomic E-state index is 0.00935. The Balaban J connectivity index is 2.49. The second-order valence-electron chi connectivity index (χ2n) is 3.55. The van der Waals surface area contributed by atoms with Gasteiger partial charge in [-0.25, -0.2) is 4.98 Å². The van der Waals surface area contributed by atoms with Gasteiger partial charge in [0.15, 0.2) is 5.43 Å². The molecule has 5 heteroatoms. The predicted molar refractivity (Wildman–Crippen MR) is 77.9 cm³/mol. The molecule has 0 saturated carbocycles. The summed E-state index contributed by atoms with van der Waals surface area (Å²) >= 11 is 8.33. The van der Waals surface area contributed by atoms with Gasteiger partial charge < -0.3 is 0 Å². The van der Waals surface area contributed by atoms with E-state index >= 15 is 0 Å². The van der Waals surface area contributed by atoms with Crippen LogP contribution in [0.1, 0.15) is 0 Å². The molecular formula is C12H5Br2NOS. The van der Waals surface area contributed by atoms with E-state index in [0.29, 0.717) is 4.47 Å². The van der Waals surface area contributed by atoms with E-state index in [2.05, 4.69) is 36.8 Å². The molecule has 3 rings (SSSR count). The molecule has 0 N–H and O–H groups in total. The molecule has 0 unspecified atom stereocenters. The van der Waals surface area contributed by atoms with E-state index in [1.807, 2.05) is 18.2 Å². The van der Waals surface area contributed by atoms with Crippen LogP contribution in [-0.4, -0.2) is 4.98 Å². The fourth-order valence-corrected chi connectivity index (χ4v) is 3.74. The molecule has 2 nitrogen and oxygen atoms in total. The van der Waals surface area contributed by atoms with Crippen LogP contribution < -0.4 is 5.43 Å². The number of rotatable bonds is 0. The Morgan fingerprint density at radius 1 is 1.12 bits per heavy atom. The molecule has 0 amide bonds. The van der Waals surface area contributed by atoms with Gasteiger partial charge in [-0.3, -0.25) is 4.79 Å². The summed E-state index contributed by atoms with van der Waals surface area (Å²) in [7, 11) is 0. The van der Waals surface area contributed by atoms with Gasteiger partial charge in [-0.1, -0.05) is 15.9 Å². The second-order valence-corrected chi connectivity index (χ2v) is 6.31. The molecule has 2 aliphatic rings. The lowest BCUT2D eigenvalue weighted by atomic mass is 10.2. The summed E-state index contributed by atoms with van der Waals surface area (Å²) in [6, 6.07) is 9.24. The lowest BCUT2D eigenvalue weighted by Gasteiger charge is -2.07. The fourth-order valence-electron chi connectivity index (χ4n) is 1.61. The number of hydrogen-bond acceptors (Lipinski definition) is 3. The molecular weight excluding hydrogens is 366 g/mol. The molecule has 0 bridgehead atoms. The highest BCUT2D eigenvalue weighted by Crippen LogP contribution is 2.35. The molecule has 0 radical (unpaired) electrons. The molecule has 1 aliphatic heterocycles. The lowest BCUT2D eigenvalue weighted by Crippen LogP contribution is -2.02. The third-order valence-electron chi connectivity index (χ3n) is 2.42. The summed E-state index contributed by atoms with van der Waals surface area (Å²) in [4.78, 5) is 17.0. The molecule has 1 heterocycles. The van der Waals surface area contributed by atoms with Gasteiger partial charge in [0.25, 0.3) is 0 Å². The van der Waals surface area contributed by atoms with Crippen LogP contribution in [0.25, 0.3) is 20.8 Å². The van der Waals surface area contributed by atoms with Crippen molar-refractivity contribution in [3.63, 3.8) is 0 Å². The molecule has 0 saturated heterocycles. The van der Waals surface area contributed by atoms with E-state index in [9.17, 15) is 4.79 Å². The predicted octanol–water partition coefficient (Wildman–Crippen LogP) is 4.29. The third-order valence-corrected chi connectivity index (χ3v) is 5.12. The fraction of sp³-hybridized carbons (Fsp3) is 0. The van der Waals surface area contributed by atoms with Gasteiger partial charge in [0.1, 0.15) is 0 Å². The summed E-state index contributed by atoms with van der Waals surface area (Å²) in [5.74, 6) is 0. The Morgan fingerprint density at radius 3 is 2.76 bits per heavy atom. The van der Waals surface area contributed by atoms with Crippen molar-refractivity contribution in [2.75, 3.05) is 0 Å². The minimum atomic E-state index is -0.00935. The van der Waals surface area contributed by atoms with Gasteiger partial charge in [-0.2, -0.15) is 0 Å². The van der Waals surface area contributed by atoms with Crippen molar-refractivity contribution < 1.29 is 0 Å². The van der Waals surface area contributed by atoms with Crippen molar-refractivity contribution in [1.29, 1.82) is 0 Å². The summed E-state index contributed by atoms with van der Waals surface area (Å²) in [6.07, 6.45) is 0. The van der Waals surface area contributed by atoms with Crippen LogP contribution in [0.3, 0.4) is 0 Å². The molecule has 1 aliphatic carbocycles. The van der Waals surface area contributed by atoms with Gasteiger partial charge in [-0.15, -0.1) is 11.3 Å². The first kappa shape index (κ1) is 11.3. The zero-order valence-electron chi connectivity index (χ0n) is 8.41. The van der Waals surface area contributed by atoms with Crippen LogP contribution in [-0.2, 0) is 0 Å². The topological polar surface area (TPSA) is 30.0 Å². The van der Waals surface area contributed by atoms with Gasteiger partial charge in [0.05, 0.1) is 25.3 Å². The number of hydrogen-bond donors (Lipinski definition) is 0. The van der Waals surface area contributed by atoms with E-state index in [4.69, 9.17) is 0 Å². The lowest BCUT2D eigenvalue weighted by molar-refractivity contribution is 1.39. The highest BCUT2D eigenvalue weighted by atomic mass is 79.9. The van der Waals surface area contributed by atoms with E-state index < -0.39 is 0 Å². The average Bonchev–Trinajstić information content (AvgIpc) is 2.32. The highest BCUT2D eigenvalue weighted by molar-refractivity contribution is 9.10. The number of benzene rings is 2. The average molecular weight is 371 g/mol. The molecule has 0 spiro atoms. The van der Waals surface area contributed by atoms with Crippen LogP contribution in [0.15, 0.2) is 44.1 Å². The van der Waals surface area contributed by atoms with Gasteiger partial charge in [0, 0.05) is 4.47 Å². The largest absolute Gasteiger partial charge is 0.289 e. The number of aromatic nitrogens is 1. The standard InChI is InChI=1S/C12H5Br2NOS/c13-6-1-2-7-10(5-6)17-12-8(15-7)3-4-9(16)11(12)14/h1-5H.